The Morgan fingerprint density at radius 2 is 1.75 bits per heavy atom. The van der Waals surface area contributed by atoms with E-state index in [9.17, 15) is 0 Å². The minimum absolute atomic E-state index is 0. The number of hydrogen-bond acceptors (Lipinski definition) is 1. The molecule has 22 valence electrons. The van der Waals surface area contributed by atoms with Crippen LogP contribution in [0.4, 0.5) is 0 Å². The van der Waals surface area contributed by atoms with Crippen molar-refractivity contribution in [1.29, 1.82) is 0 Å². The van der Waals surface area contributed by atoms with Crippen LogP contribution < -0.4 is 0 Å². The van der Waals surface area contributed by atoms with Crippen molar-refractivity contribution >= 4 is 32.8 Å². The fourth-order valence-electron chi connectivity index (χ4n) is 0. The Bertz CT molecular complexity index is 11.5. The van der Waals surface area contributed by atoms with Gasteiger partial charge in [0.2, 0.25) is 0 Å². The summed E-state index contributed by atoms with van der Waals surface area (Å²) in [4.78, 5) is 0. The molecule has 0 aromatic heterocycles. The molecule has 0 aliphatic carbocycles. The summed E-state index contributed by atoms with van der Waals surface area (Å²) in [6, 6.07) is 0. The van der Waals surface area contributed by atoms with Crippen molar-refractivity contribution in [3.63, 3.8) is 0 Å². The molecule has 4 heavy (non-hydrogen) atoms. The van der Waals surface area contributed by atoms with Crippen molar-refractivity contribution in [2.45, 2.75) is 0 Å². The van der Waals surface area contributed by atoms with Crippen LogP contribution in [0.3, 0.4) is 0 Å². The van der Waals surface area contributed by atoms with Gasteiger partial charge in [0, 0.05) is 0 Å². The summed E-state index contributed by atoms with van der Waals surface area (Å²) in [5.41, 5.74) is 0. The summed E-state index contributed by atoms with van der Waals surface area (Å²) in [5, 5.41) is 0. The monoisotopic (exact) mass is 90.0 g/mol. The van der Waals surface area contributed by atoms with Gasteiger partial charge >= 0.3 is 23.4 Å². The zero-order valence-corrected chi connectivity index (χ0v) is 2.59. The first kappa shape index (κ1) is 8.82. The van der Waals surface area contributed by atoms with Crippen molar-refractivity contribution in [3.05, 3.63) is 0 Å². The third-order valence-electron chi connectivity index (χ3n) is 0. The standard InChI is InChI=1S/2Al.H2O.O.3H/h;;1H2;;;;/q;+1;;;;;/p-1. The van der Waals surface area contributed by atoms with Crippen molar-refractivity contribution in [1.82, 2.24) is 0 Å². The van der Waals surface area contributed by atoms with Crippen LogP contribution in [-0.2, 0) is 3.80 Å². The van der Waals surface area contributed by atoms with Gasteiger partial charge in [-0.1, -0.05) is 0 Å². The van der Waals surface area contributed by atoms with Gasteiger partial charge in [0.05, 0.1) is 0 Å². The molecule has 2 nitrogen and oxygen atoms in total. The quantitative estimate of drug-likeness (QED) is 0.341. The van der Waals surface area contributed by atoms with E-state index in [2.05, 4.69) is 0 Å². The van der Waals surface area contributed by atoms with E-state index in [-0.39, 0.29) is 17.4 Å². The molecule has 0 aromatic carbocycles. The molecule has 0 bridgehead atoms. The second kappa shape index (κ2) is 9.39. The van der Waals surface area contributed by atoms with E-state index in [0.717, 1.165) is 0 Å². The Labute approximate surface area is 41.2 Å². The zero-order chi connectivity index (χ0) is 2.71. The predicted molar refractivity (Wildman–Crippen MR) is 18.6 cm³/mol. The third-order valence-corrected chi connectivity index (χ3v) is 0. The molecule has 0 atom stereocenters. The second-order valence-electron chi connectivity index (χ2n) is 0.105. The third kappa shape index (κ3) is 16.7. The molecule has 1 N–H and O–H groups in total. The van der Waals surface area contributed by atoms with Crippen molar-refractivity contribution in [3.8, 4) is 0 Å². The van der Waals surface area contributed by atoms with Gasteiger partial charge in [-0.15, -0.1) is 0 Å². The molecule has 0 aliphatic heterocycles. The Kier molecular flexibility index (Phi) is 20.7. The van der Waals surface area contributed by atoms with Gasteiger partial charge in [0.25, 0.3) is 0 Å². The molecular formula is H4Al2O2. The van der Waals surface area contributed by atoms with Crippen LogP contribution in [0.5, 0.6) is 0 Å². The maximum absolute atomic E-state index is 8.57. The van der Waals surface area contributed by atoms with Gasteiger partial charge in [0.15, 0.2) is 17.4 Å². The van der Waals surface area contributed by atoms with Crippen molar-refractivity contribution < 1.29 is 7.96 Å². The summed E-state index contributed by atoms with van der Waals surface area (Å²) in [6.45, 7) is 0. The molecule has 0 radical (unpaired) electrons. The molecule has 0 aromatic rings. The Balaban J connectivity index is 0. The van der Waals surface area contributed by atoms with Gasteiger partial charge in [-0.2, -0.15) is 0 Å². The van der Waals surface area contributed by atoms with E-state index in [4.69, 9.17) is 7.96 Å². The minimum atomic E-state index is -1.50. The molecule has 0 spiro atoms. The Morgan fingerprint density at radius 1 is 1.75 bits per heavy atom. The fraction of sp³-hybridized carbons (Fsp3) is 0. The fourth-order valence-corrected chi connectivity index (χ4v) is 0. The Hall–Kier alpha value is 0.665. The average molecular weight is 90.0 g/mol. The molecule has 0 heterocycles. The van der Waals surface area contributed by atoms with Crippen LogP contribution in [0.1, 0.15) is 0 Å². The van der Waals surface area contributed by atoms with Crippen LogP contribution >= 0.6 is 0 Å². The first-order valence-corrected chi connectivity index (χ1v) is 1.48. The van der Waals surface area contributed by atoms with E-state index in [1.807, 2.05) is 0 Å². The Morgan fingerprint density at radius 3 is 1.75 bits per heavy atom. The first-order valence-electron chi connectivity index (χ1n) is 0.494. The summed E-state index contributed by atoms with van der Waals surface area (Å²) in [5.74, 6) is 0. The van der Waals surface area contributed by atoms with Crippen LogP contribution in [0, 0.1) is 0 Å². The normalized spacial score (nSPS) is 2.00. The molecule has 0 saturated carbocycles. The first-order chi connectivity index (χ1) is 1.41. The summed E-state index contributed by atoms with van der Waals surface area (Å²) >= 11 is -1.50. The van der Waals surface area contributed by atoms with Crippen molar-refractivity contribution in [2.75, 3.05) is 0 Å². The molecule has 0 saturated heterocycles. The molecule has 0 aliphatic rings. The molecule has 4 heteroatoms. The van der Waals surface area contributed by atoms with Crippen LogP contribution in [0.2, 0.25) is 0 Å². The number of hydrogen-bond donors (Lipinski definition) is 1. The number of rotatable bonds is 0. The molecule has 0 rings (SSSR count). The van der Waals surface area contributed by atoms with E-state index in [1.165, 1.54) is 0 Å². The zero-order valence-electron chi connectivity index (χ0n) is 1.43. The topological polar surface area (TPSA) is 37.3 Å². The second-order valence-corrected chi connectivity index (χ2v) is 0.316. The van der Waals surface area contributed by atoms with E-state index >= 15 is 0 Å². The SMILES string of the molecule is [AlH3].[O]=[Al][OH]. The van der Waals surface area contributed by atoms with Crippen LogP contribution in [-0.4, -0.2) is 37.0 Å². The molecule has 0 unspecified atom stereocenters. The van der Waals surface area contributed by atoms with Crippen LogP contribution in [0.25, 0.3) is 0 Å². The van der Waals surface area contributed by atoms with Gasteiger partial charge in [-0.3, -0.25) is 0 Å². The van der Waals surface area contributed by atoms with Gasteiger partial charge < -0.3 is 0 Å². The summed E-state index contributed by atoms with van der Waals surface area (Å²) in [7, 11) is 0. The van der Waals surface area contributed by atoms with E-state index < -0.39 is 15.5 Å². The van der Waals surface area contributed by atoms with Crippen molar-refractivity contribution in [2.24, 2.45) is 0 Å². The van der Waals surface area contributed by atoms with E-state index in [1.54, 1.807) is 0 Å². The average Bonchev–Trinajstić information content (AvgIpc) is 0.918. The molecule has 0 fully saturated rings. The van der Waals surface area contributed by atoms with Gasteiger partial charge in [-0.25, -0.2) is 0 Å². The van der Waals surface area contributed by atoms with E-state index in [0.29, 0.717) is 0 Å². The maximum atomic E-state index is 8.57. The van der Waals surface area contributed by atoms with Gasteiger partial charge in [0.1, 0.15) is 0 Å². The summed E-state index contributed by atoms with van der Waals surface area (Å²) in [6.07, 6.45) is 0. The molecular weight excluding hydrogens is 86.0 g/mol. The van der Waals surface area contributed by atoms with Crippen LogP contribution in [0.15, 0.2) is 0 Å². The predicted octanol–water partition coefficient (Wildman–Crippen LogP) is -2.24. The summed E-state index contributed by atoms with van der Waals surface area (Å²) < 4.78 is 15.7. The van der Waals surface area contributed by atoms with Gasteiger partial charge in [-0.05, 0) is 0 Å². The molecule has 0 amide bonds.